The van der Waals surface area contributed by atoms with Crippen molar-refractivity contribution in [2.24, 2.45) is 7.05 Å². The van der Waals surface area contributed by atoms with E-state index in [2.05, 4.69) is 25.9 Å². The molecule has 0 bridgehead atoms. The summed E-state index contributed by atoms with van der Waals surface area (Å²) >= 11 is 0. The Bertz CT molecular complexity index is 739. The van der Waals surface area contributed by atoms with Crippen LogP contribution in [0, 0.1) is 6.92 Å². The zero-order valence-electron chi connectivity index (χ0n) is 15.1. The van der Waals surface area contributed by atoms with E-state index in [1.807, 2.05) is 46.4 Å². The molecule has 6 heteroatoms. The van der Waals surface area contributed by atoms with Gasteiger partial charge in [0, 0.05) is 31.2 Å². The maximum absolute atomic E-state index is 13.2. The van der Waals surface area contributed by atoms with E-state index in [1.54, 1.807) is 6.20 Å². The lowest BCUT2D eigenvalue weighted by molar-refractivity contribution is -0.00468. The Balaban J connectivity index is 1.93. The van der Waals surface area contributed by atoms with Crippen molar-refractivity contribution < 1.29 is 9.53 Å². The molecule has 24 heavy (non-hydrogen) atoms. The fourth-order valence-electron chi connectivity index (χ4n) is 3.36. The van der Waals surface area contributed by atoms with Crippen molar-refractivity contribution in [2.75, 3.05) is 19.8 Å². The quantitative estimate of drug-likeness (QED) is 0.850. The highest BCUT2D eigenvalue weighted by Gasteiger charge is 2.33. The molecule has 0 unspecified atom stereocenters. The average Bonchev–Trinajstić information content (AvgIpc) is 3.12. The van der Waals surface area contributed by atoms with Gasteiger partial charge >= 0.3 is 0 Å². The first kappa shape index (κ1) is 16.8. The van der Waals surface area contributed by atoms with Gasteiger partial charge in [-0.2, -0.15) is 5.10 Å². The molecule has 2 aromatic heterocycles. The van der Waals surface area contributed by atoms with Gasteiger partial charge in [-0.1, -0.05) is 0 Å². The number of amides is 1. The summed E-state index contributed by atoms with van der Waals surface area (Å²) in [7, 11) is 2.00. The Morgan fingerprint density at radius 1 is 1.38 bits per heavy atom. The average molecular weight is 330 g/mol. The van der Waals surface area contributed by atoms with Crippen LogP contribution in [-0.4, -0.2) is 44.9 Å². The molecule has 1 atom stereocenters. The van der Waals surface area contributed by atoms with Crippen LogP contribution >= 0.6 is 0 Å². The van der Waals surface area contributed by atoms with E-state index >= 15 is 0 Å². The number of hydrogen-bond acceptors (Lipinski definition) is 3. The summed E-state index contributed by atoms with van der Waals surface area (Å²) in [4.78, 5) is 15.1. The fraction of sp³-hybridized carbons (Fsp3) is 0.556. The van der Waals surface area contributed by atoms with Crippen LogP contribution in [0.4, 0.5) is 0 Å². The van der Waals surface area contributed by atoms with E-state index < -0.39 is 0 Å². The normalized spacial score (nSPS) is 18.9. The van der Waals surface area contributed by atoms with Gasteiger partial charge < -0.3 is 14.2 Å². The van der Waals surface area contributed by atoms with Crippen LogP contribution < -0.4 is 0 Å². The lowest BCUT2D eigenvalue weighted by Gasteiger charge is -2.36. The molecule has 1 saturated heterocycles. The van der Waals surface area contributed by atoms with Crippen LogP contribution in [0.5, 0.6) is 0 Å². The van der Waals surface area contributed by atoms with Crippen LogP contribution in [0.1, 0.15) is 48.6 Å². The Hall–Kier alpha value is -2.08. The maximum Gasteiger partial charge on any atom is 0.258 e. The second kappa shape index (κ2) is 6.09. The molecule has 2 aromatic rings. The Kier molecular flexibility index (Phi) is 4.25. The number of carbonyl (C=O) groups is 1. The summed E-state index contributed by atoms with van der Waals surface area (Å²) < 4.78 is 9.60. The molecule has 0 aliphatic carbocycles. The number of morpholine rings is 1. The first-order chi connectivity index (χ1) is 11.3. The third-order valence-corrected chi connectivity index (χ3v) is 4.59. The summed E-state index contributed by atoms with van der Waals surface area (Å²) in [5.41, 5.74) is 2.52. The second-order valence-corrected chi connectivity index (χ2v) is 7.36. The zero-order valence-corrected chi connectivity index (χ0v) is 15.1. The smallest absolute Gasteiger partial charge is 0.258 e. The number of aryl methyl sites for hydroxylation is 1. The molecule has 6 nitrogen and oxygen atoms in total. The van der Waals surface area contributed by atoms with Gasteiger partial charge in [0.1, 0.15) is 0 Å². The second-order valence-electron chi connectivity index (χ2n) is 7.36. The van der Waals surface area contributed by atoms with Gasteiger partial charge in [0.05, 0.1) is 36.6 Å². The van der Waals surface area contributed by atoms with E-state index in [4.69, 9.17) is 4.74 Å². The molecule has 1 aliphatic heterocycles. The first-order valence-electron chi connectivity index (χ1n) is 8.35. The molecule has 1 aliphatic rings. The van der Waals surface area contributed by atoms with Gasteiger partial charge in [-0.05, 0) is 39.8 Å². The molecular formula is C18H26N4O2. The van der Waals surface area contributed by atoms with Gasteiger partial charge in [0.25, 0.3) is 5.91 Å². The predicted octanol–water partition coefficient (Wildman–Crippen LogP) is 2.50. The van der Waals surface area contributed by atoms with Gasteiger partial charge in [0.2, 0.25) is 0 Å². The first-order valence-corrected chi connectivity index (χ1v) is 8.35. The number of ether oxygens (including phenoxy) is 1. The highest BCUT2D eigenvalue weighted by atomic mass is 16.5. The van der Waals surface area contributed by atoms with Crippen LogP contribution in [0.25, 0.3) is 0 Å². The molecule has 3 rings (SSSR count). The van der Waals surface area contributed by atoms with Crippen molar-refractivity contribution in [1.82, 2.24) is 19.2 Å². The molecule has 1 amide bonds. The Labute approximate surface area is 143 Å². The summed E-state index contributed by atoms with van der Waals surface area (Å²) in [6.45, 7) is 9.90. The molecule has 0 radical (unpaired) electrons. The molecule has 0 aromatic carbocycles. The van der Waals surface area contributed by atoms with E-state index in [0.717, 1.165) is 11.4 Å². The SMILES string of the molecule is Cc1c(C(=O)N2CCOC[C@@H]2c2cccn2C)cnn1C(C)(C)C. The minimum atomic E-state index is -0.148. The van der Waals surface area contributed by atoms with Crippen molar-refractivity contribution in [3.63, 3.8) is 0 Å². The Morgan fingerprint density at radius 2 is 2.12 bits per heavy atom. The molecular weight excluding hydrogens is 304 g/mol. The van der Waals surface area contributed by atoms with Gasteiger partial charge in [-0.15, -0.1) is 0 Å². The van der Waals surface area contributed by atoms with Gasteiger partial charge in [0.15, 0.2) is 0 Å². The number of hydrogen-bond donors (Lipinski definition) is 0. The third-order valence-electron chi connectivity index (χ3n) is 4.59. The Morgan fingerprint density at radius 3 is 2.71 bits per heavy atom. The molecule has 3 heterocycles. The molecule has 0 saturated carbocycles. The van der Waals surface area contributed by atoms with Gasteiger partial charge in [-0.3, -0.25) is 9.48 Å². The maximum atomic E-state index is 13.2. The minimum absolute atomic E-state index is 0.0255. The van der Waals surface area contributed by atoms with Crippen molar-refractivity contribution in [1.29, 1.82) is 0 Å². The third kappa shape index (κ3) is 2.86. The minimum Gasteiger partial charge on any atom is -0.377 e. The highest BCUT2D eigenvalue weighted by Crippen LogP contribution is 2.27. The number of aromatic nitrogens is 3. The molecule has 0 N–H and O–H groups in total. The van der Waals surface area contributed by atoms with Crippen LogP contribution in [0.2, 0.25) is 0 Å². The molecule has 0 spiro atoms. The van der Waals surface area contributed by atoms with Crippen molar-refractivity contribution in [3.05, 3.63) is 41.5 Å². The lowest BCUT2D eigenvalue weighted by atomic mass is 10.1. The predicted molar refractivity (Wildman–Crippen MR) is 92.0 cm³/mol. The summed E-state index contributed by atoms with van der Waals surface area (Å²) in [6.07, 6.45) is 3.69. The molecule has 130 valence electrons. The van der Waals surface area contributed by atoms with Crippen LogP contribution in [-0.2, 0) is 17.3 Å². The monoisotopic (exact) mass is 330 g/mol. The number of nitrogens with zero attached hydrogens (tertiary/aromatic N) is 4. The zero-order chi connectivity index (χ0) is 17.5. The van der Waals surface area contributed by atoms with Crippen molar-refractivity contribution in [2.45, 2.75) is 39.3 Å². The summed E-state index contributed by atoms with van der Waals surface area (Å²) in [5, 5.41) is 4.44. The highest BCUT2D eigenvalue weighted by molar-refractivity contribution is 5.95. The molecule has 1 fully saturated rings. The van der Waals surface area contributed by atoms with Crippen molar-refractivity contribution in [3.8, 4) is 0 Å². The van der Waals surface area contributed by atoms with E-state index in [0.29, 0.717) is 25.3 Å². The van der Waals surface area contributed by atoms with Crippen LogP contribution in [0.3, 0.4) is 0 Å². The lowest BCUT2D eigenvalue weighted by Crippen LogP contribution is -2.44. The van der Waals surface area contributed by atoms with Gasteiger partial charge in [-0.25, -0.2) is 0 Å². The fourth-order valence-corrected chi connectivity index (χ4v) is 3.36. The number of rotatable bonds is 2. The number of carbonyl (C=O) groups excluding carboxylic acids is 1. The van der Waals surface area contributed by atoms with E-state index in [9.17, 15) is 4.79 Å². The van der Waals surface area contributed by atoms with Crippen molar-refractivity contribution >= 4 is 5.91 Å². The standard InChI is InChI=1S/C18H26N4O2/c1-13-14(11-19-22(13)18(2,3)4)17(23)21-9-10-24-12-16(21)15-7-6-8-20(15)5/h6-8,11,16H,9-10,12H2,1-5H3/t16-/m1/s1. The largest absolute Gasteiger partial charge is 0.377 e. The summed E-state index contributed by atoms with van der Waals surface area (Å²) in [6, 6.07) is 3.98. The van der Waals surface area contributed by atoms with Crippen LogP contribution in [0.15, 0.2) is 24.5 Å². The summed E-state index contributed by atoms with van der Waals surface area (Å²) in [5.74, 6) is 0.0255. The van der Waals surface area contributed by atoms with E-state index in [1.165, 1.54) is 0 Å². The topological polar surface area (TPSA) is 52.3 Å². The van der Waals surface area contributed by atoms with E-state index in [-0.39, 0.29) is 17.5 Å².